The van der Waals surface area contributed by atoms with Gasteiger partial charge in [0.25, 0.3) is 0 Å². The van der Waals surface area contributed by atoms with Crippen LogP contribution in [0.5, 0.6) is 0 Å². The van der Waals surface area contributed by atoms with Gasteiger partial charge in [0.15, 0.2) is 8.32 Å². The predicted molar refractivity (Wildman–Crippen MR) is 99.5 cm³/mol. The van der Waals surface area contributed by atoms with Crippen LogP contribution in [0.25, 0.3) is 0 Å². The molecule has 0 saturated carbocycles. The second-order valence-electron chi connectivity index (χ2n) is 7.21. The number of nitriles is 1. The first kappa shape index (κ1) is 21.7. The zero-order valence-electron chi connectivity index (χ0n) is 15.6. The van der Waals surface area contributed by atoms with Gasteiger partial charge in [0.1, 0.15) is 0 Å². The minimum absolute atomic E-state index is 0.462. The molecule has 0 spiro atoms. The van der Waals surface area contributed by atoms with Crippen molar-refractivity contribution in [1.82, 2.24) is 0 Å². The highest BCUT2D eigenvalue weighted by Gasteiger charge is 2.25. The van der Waals surface area contributed by atoms with Crippen molar-refractivity contribution in [2.45, 2.75) is 116 Å². The summed E-state index contributed by atoms with van der Waals surface area (Å²) in [5, 5.41) is 8.67. The Morgan fingerprint density at radius 1 is 0.864 bits per heavy atom. The second-order valence-corrected chi connectivity index (χ2v) is 11.5. The molecule has 0 radical (unpaired) electrons. The molecule has 0 fully saturated rings. The summed E-state index contributed by atoms with van der Waals surface area (Å²) in [5.74, 6) is 0. The van der Waals surface area contributed by atoms with E-state index in [-0.39, 0.29) is 0 Å². The summed E-state index contributed by atoms with van der Waals surface area (Å²) in [6.07, 6.45) is 15.4. The molecule has 130 valence electrons. The molecule has 1 atom stereocenters. The zero-order chi connectivity index (χ0) is 16.7. The normalized spacial score (nSPS) is 13.0. The molecule has 0 aliphatic carbocycles. The van der Waals surface area contributed by atoms with E-state index < -0.39 is 8.32 Å². The van der Waals surface area contributed by atoms with Crippen molar-refractivity contribution in [3.8, 4) is 6.07 Å². The fraction of sp³-hybridized carbons (Fsp3) is 0.947. The first-order valence-electron chi connectivity index (χ1n) is 9.60. The van der Waals surface area contributed by atoms with Crippen LogP contribution in [0.4, 0.5) is 0 Å². The highest BCUT2D eigenvalue weighted by atomic mass is 28.4. The summed E-state index contributed by atoms with van der Waals surface area (Å²) in [6.45, 7) is 9.16. The molecule has 1 unspecified atom stereocenters. The monoisotopic (exact) mass is 325 g/mol. The molecule has 0 aliphatic rings. The fourth-order valence-corrected chi connectivity index (χ4v) is 5.30. The smallest absolute Gasteiger partial charge is 0.187 e. The molecule has 0 aromatic heterocycles. The van der Waals surface area contributed by atoms with Gasteiger partial charge in [-0.25, -0.2) is 0 Å². The molecule has 0 bridgehead atoms. The van der Waals surface area contributed by atoms with Crippen molar-refractivity contribution >= 4 is 8.32 Å². The number of hydrogen-bond acceptors (Lipinski definition) is 2. The Labute approximate surface area is 140 Å². The van der Waals surface area contributed by atoms with Crippen LogP contribution < -0.4 is 0 Å². The van der Waals surface area contributed by atoms with Crippen LogP contribution in [0.3, 0.4) is 0 Å². The van der Waals surface area contributed by atoms with Crippen molar-refractivity contribution < 1.29 is 4.43 Å². The Hall–Kier alpha value is -0.333. The van der Waals surface area contributed by atoms with E-state index in [1.54, 1.807) is 0 Å². The van der Waals surface area contributed by atoms with Gasteiger partial charge in [-0.1, -0.05) is 65.2 Å². The maximum Gasteiger partial charge on any atom is 0.187 e. The average molecular weight is 326 g/mol. The number of unbranched alkanes of at least 4 members (excludes halogenated alkanes) is 7. The van der Waals surface area contributed by atoms with Crippen LogP contribution in [0.1, 0.15) is 90.9 Å². The molecule has 0 saturated heterocycles. The van der Waals surface area contributed by atoms with Gasteiger partial charge in [-0.2, -0.15) is 5.26 Å². The van der Waals surface area contributed by atoms with Gasteiger partial charge in [-0.3, -0.25) is 0 Å². The average Bonchev–Trinajstić information content (AvgIpc) is 2.46. The molecule has 0 heterocycles. The highest BCUT2D eigenvalue weighted by molar-refractivity contribution is 6.71. The van der Waals surface area contributed by atoms with Crippen LogP contribution in [-0.2, 0) is 4.43 Å². The minimum atomic E-state index is -1.58. The molecule has 0 N–H and O–H groups in total. The zero-order valence-corrected chi connectivity index (χ0v) is 16.6. The Morgan fingerprint density at radius 3 is 2.09 bits per heavy atom. The van der Waals surface area contributed by atoms with E-state index in [2.05, 4.69) is 33.0 Å². The predicted octanol–water partition coefficient (Wildman–Crippen LogP) is 6.82. The van der Waals surface area contributed by atoms with E-state index in [0.29, 0.717) is 12.5 Å². The topological polar surface area (TPSA) is 33.0 Å². The van der Waals surface area contributed by atoms with Crippen LogP contribution in [0.2, 0.25) is 19.1 Å². The van der Waals surface area contributed by atoms with Gasteiger partial charge in [0, 0.05) is 12.5 Å². The lowest BCUT2D eigenvalue weighted by atomic mass is 10.0. The van der Waals surface area contributed by atoms with E-state index in [1.807, 2.05) is 0 Å². The molecule has 3 heteroatoms. The van der Waals surface area contributed by atoms with Crippen LogP contribution >= 0.6 is 0 Å². The molecule has 22 heavy (non-hydrogen) atoms. The van der Waals surface area contributed by atoms with E-state index in [0.717, 1.165) is 12.5 Å². The van der Waals surface area contributed by atoms with Gasteiger partial charge in [0.05, 0.1) is 6.07 Å². The SMILES string of the molecule is CCCCCCCCCC(CCC)O[Si](C)(C)CCCC#N. The maximum atomic E-state index is 8.67. The lowest BCUT2D eigenvalue weighted by Crippen LogP contribution is -2.35. The van der Waals surface area contributed by atoms with Gasteiger partial charge < -0.3 is 4.43 Å². The van der Waals surface area contributed by atoms with Crippen molar-refractivity contribution in [2.24, 2.45) is 0 Å². The Kier molecular flexibility index (Phi) is 14.1. The number of nitrogens with zero attached hydrogens (tertiary/aromatic N) is 1. The standard InChI is InChI=1S/C19H39NOSi/c1-5-7-8-9-10-11-12-16-19(15-6-2)21-22(3,4)18-14-13-17-20/h19H,5-16,18H2,1-4H3. The number of hydrogen-bond donors (Lipinski definition) is 0. The number of rotatable bonds is 15. The molecule has 0 amide bonds. The lowest BCUT2D eigenvalue weighted by Gasteiger charge is -2.29. The van der Waals surface area contributed by atoms with Crippen molar-refractivity contribution in [2.75, 3.05) is 0 Å². The van der Waals surface area contributed by atoms with Crippen LogP contribution in [0.15, 0.2) is 0 Å². The Bertz CT molecular complexity index is 286. The lowest BCUT2D eigenvalue weighted by molar-refractivity contribution is 0.165. The van der Waals surface area contributed by atoms with E-state index in [4.69, 9.17) is 9.69 Å². The van der Waals surface area contributed by atoms with Crippen molar-refractivity contribution in [3.63, 3.8) is 0 Å². The molecule has 0 rings (SSSR count). The summed E-state index contributed by atoms with van der Waals surface area (Å²) in [5.41, 5.74) is 0. The van der Waals surface area contributed by atoms with Crippen LogP contribution in [-0.4, -0.2) is 14.4 Å². The molecular weight excluding hydrogens is 286 g/mol. The summed E-state index contributed by atoms with van der Waals surface area (Å²) < 4.78 is 6.50. The molecule has 0 aromatic carbocycles. The quantitative estimate of drug-likeness (QED) is 0.244. The summed E-state index contributed by atoms with van der Waals surface area (Å²) >= 11 is 0. The minimum Gasteiger partial charge on any atom is -0.414 e. The summed E-state index contributed by atoms with van der Waals surface area (Å²) in [7, 11) is -1.58. The third-order valence-electron chi connectivity index (χ3n) is 4.29. The maximum absolute atomic E-state index is 8.67. The van der Waals surface area contributed by atoms with Gasteiger partial charge in [0.2, 0.25) is 0 Å². The molecular formula is C19H39NOSi. The Balaban J connectivity index is 3.91. The second kappa shape index (κ2) is 14.3. The molecule has 2 nitrogen and oxygen atoms in total. The van der Waals surface area contributed by atoms with E-state index in [1.165, 1.54) is 64.2 Å². The third kappa shape index (κ3) is 13.3. The first-order chi connectivity index (χ1) is 10.6. The third-order valence-corrected chi connectivity index (χ3v) is 6.82. The van der Waals surface area contributed by atoms with Gasteiger partial charge in [-0.05, 0) is 38.4 Å². The molecule has 0 aromatic rings. The van der Waals surface area contributed by atoms with Crippen molar-refractivity contribution in [1.29, 1.82) is 5.26 Å². The van der Waals surface area contributed by atoms with Crippen molar-refractivity contribution in [3.05, 3.63) is 0 Å². The Morgan fingerprint density at radius 2 is 1.50 bits per heavy atom. The first-order valence-corrected chi connectivity index (χ1v) is 12.7. The van der Waals surface area contributed by atoms with Crippen LogP contribution in [0, 0.1) is 11.3 Å². The highest BCUT2D eigenvalue weighted by Crippen LogP contribution is 2.22. The van der Waals surface area contributed by atoms with Gasteiger partial charge in [-0.15, -0.1) is 0 Å². The van der Waals surface area contributed by atoms with Gasteiger partial charge >= 0.3 is 0 Å². The van der Waals surface area contributed by atoms with E-state index in [9.17, 15) is 0 Å². The molecule has 0 aliphatic heterocycles. The summed E-state index contributed by atoms with van der Waals surface area (Å²) in [4.78, 5) is 0. The summed E-state index contributed by atoms with van der Waals surface area (Å²) in [6, 6.07) is 3.37. The fourth-order valence-electron chi connectivity index (χ4n) is 3.02. The van der Waals surface area contributed by atoms with E-state index >= 15 is 0 Å². The largest absolute Gasteiger partial charge is 0.414 e.